The molecule has 0 bridgehead atoms. The Hall–Kier alpha value is -2.96. The molecule has 7 nitrogen and oxygen atoms in total. The highest BCUT2D eigenvalue weighted by molar-refractivity contribution is 5.94. The smallest absolute Gasteiger partial charge is 0.341 e. The Morgan fingerprint density at radius 2 is 2.14 bits per heavy atom. The number of rotatable bonds is 4. The number of aromatic nitrogens is 3. The van der Waals surface area contributed by atoms with E-state index in [1.807, 2.05) is 32.0 Å². The molecular weight excluding hydrogens is 286 g/mol. The molecule has 3 rings (SSSR count). The number of aryl methyl sites for hydroxylation is 2. The van der Waals surface area contributed by atoms with E-state index >= 15 is 0 Å². The van der Waals surface area contributed by atoms with Gasteiger partial charge in [-0.3, -0.25) is 0 Å². The summed E-state index contributed by atoms with van der Waals surface area (Å²) in [5.74, 6) is -0.945. The Bertz CT molecular complexity index is 857. The summed E-state index contributed by atoms with van der Waals surface area (Å²) in [7, 11) is 0. The van der Waals surface area contributed by atoms with Gasteiger partial charge in [-0.15, -0.1) is 0 Å². The van der Waals surface area contributed by atoms with Gasteiger partial charge in [-0.05, 0) is 19.4 Å². The van der Waals surface area contributed by atoms with E-state index in [0.29, 0.717) is 11.1 Å². The van der Waals surface area contributed by atoms with Gasteiger partial charge in [-0.1, -0.05) is 28.9 Å². The van der Waals surface area contributed by atoms with E-state index in [9.17, 15) is 4.79 Å². The molecule has 2 aromatic heterocycles. The lowest BCUT2D eigenvalue weighted by Crippen LogP contribution is -2.10. The van der Waals surface area contributed by atoms with E-state index in [1.165, 1.54) is 6.33 Å². The predicted molar refractivity (Wildman–Crippen MR) is 77.6 cm³/mol. The van der Waals surface area contributed by atoms with Crippen molar-refractivity contribution in [2.45, 2.75) is 13.8 Å². The first-order chi connectivity index (χ1) is 10.6. The lowest BCUT2D eigenvalue weighted by Gasteiger charge is -2.06. The molecule has 0 unspecified atom stereocenters. The number of fused-ring (bicyclic) bond motifs is 1. The third kappa shape index (κ3) is 2.48. The zero-order chi connectivity index (χ0) is 15.7. The monoisotopic (exact) mass is 299 g/mol. The van der Waals surface area contributed by atoms with Crippen LogP contribution in [-0.4, -0.2) is 32.8 Å². The molecule has 0 aliphatic carbocycles. The van der Waals surface area contributed by atoms with Crippen molar-refractivity contribution >= 4 is 17.1 Å². The number of aliphatic carboxylic acids is 1. The van der Waals surface area contributed by atoms with Crippen LogP contribution in [0, 0.1) is 13.8 Å². The molecule has 0 saturated carbocycles. The quantitative estimate of drug-likeness (QED) is 0.789. The average molecular weight is 299 g/mol. The van der Waals surface area contributed by atoms with Gasteiger partial charge in [0.15, 0.2) is 6.61 Å². The van der Waals surface area contributed by atoms with Gasteiger partial charge in [0.2, 0.25) is 5.88 Å². The maximum absolute atomic E-state index is 10.7. The van der Waals surface area contributed by atoms with Gasteiger partial charge in [0.1, 0.15) is 17.4 Å². The molecule has 1 aromatic carbocycles. The Kier molecular flexibility index (Phi) is 3.46. The first kappa shape index (κ1) is 14.0. The first-order valence-electron chi connectivity index (χ1n) is 6.59. The molecule has 112 valence electrons. The predicted octanol–water partition coefficient (Wildman–Crippen LogP) is 2.37. The van der Waals surface area contributed by atoms with Crippen molar-refractivity contribution in [3.63, 3.8) is 0 Å². The summed E-state index contributed by atoms with van der Waals surface area (Å²) in [6, 6.07) is 5.91. The molecule has 1 N–H and O–H groups in total. The molecule has 0 radical (unpaired) electrons. The largest absolute Gasteiger partial charge is 0.479 e. The van der Waals surface area contributed by atoms with E-state index in [0.717, 1.165) is 16.7 Å². The van der Waals surface area contributed by atoms with E-state index in [-0.39, 0.29) is 11.6 Å². The second kappa shape index (κ2) is 5.44. The number of nitrogens with zero attached hydrogens (tertiary/aromatic N) is 3. The fourth-order valence-electron chi connectivity index (χ4n) is 2.26. The maximum Gasteiger partial charge on any atom is 0.341 e. The zero-order valence-corrected chi connectivity index (χ0v) is 12.0. The molecule has 2 heterocycles. The summed E-state index contributed by atoms with van der Waals surface area (Å²) in [6.07, 6.45) is 1.25. The Balaban J connectivity index is 2.15. The molecule has 0 atom stereocenters. The van der Waals surface area contributed by atoms with Crippen molar-refractivity contribution in [1.82, 2.24) is 15.1 Å². The third-order valence-electron chi connectivity index (χ3n) is 3.21. The van der Waals surface area contributed by atoms with Crippen LogP contribution in [0.15, 0.2) is 29.0 Å². The van der Waals surface area contributed by atoms with Crippen molar-refractivity contribution in [2.24, 2.45) is 0 Å². The van der Waals surface area contributed by atoms with Crippen LogP contribution in [0.5, 0.6) is 5.88 Å². The topological polar surface area (TPSA) is 98.3 Å². The molecule has 0 aliphatic heterocycles. The fraction of sp³-hybridized carbons (Fsp3) is 0.200. The van der Waals surface area contributed by atoms with Crippen LogP contribution in [0.4, 0.5) is 0 Å². The van der Waals surface area contributed by atoms with E-state index in [2.05, 4.69) is 15.1 Å². The minimum atomic E-state index is -1.09. The average Bonchev–Trinajstić information content (AvgIpc) is 2.89. The van der Waals surface area contributed by atoms with Gasteiger partial charge < -0.3 is 14.4 Å². The summed E-state index contributed by atoms with van der Waals surface area (Å²) in [5.41, 5.74) is 3.80. The molecule has 3 aromatic rings. The molecule has 7 heteroatoms. The lowest BCUT2D eigenvalue weighted by molar-refractivity contribution is -0.139. The second-order valence-corrected chi connectivity index (χ2v) is 4.89. The summed E-state index contributed by atoms with van der Waals surface area (Å²) < 4.78 is 10.4. The number of carboxylic acids is 1. The Labute approximate surface area is 125 Å². The molecule has 22 heavy (non-hydrogen) atoms. The van der Waals surface area contributed by atoms with Gasteiger partial charge in [0.25, 0.3) is 5.71 Å². The van der Waals surface area contributed by atoms with Crippen molar-refractivity contribution in [3.05, 3.63) is 35.7 Å². The van der Waals surface area contributed by atoms with Crippen LogP contribution in [0.25, 0.3) is 22.4 Å². The molecule has 0 fully saturated rings. The van der Waals surface area contributed by atoms with Crippen LogP contribution >= 0.6 is 0 Å². The van der Waals surface area contributed by atoms with Crippen LogP contribution in [0.2, 0.25) is 0 Å². The number of ether oxygens (including phenoxy) is 1. The van der Waals surface area contributed by atoms with Crippen LogP contribution < -0.4 is 4.74 Å². The Morgan fingerprint density at radius 3 is 2.86 bits per heavy atom. The van der Waals surface area contributed by atoms with Gasteiger partial charge in [-0.25, -0.2) is 9.78 Å². The van der Waals surface area contributed by atoms with Crippen LogP contribution in [0.1, 0.15) is 11.1 Å². The minimum Gasteiger partial charge on any atom is -0.479 e. The van der Waals surface area contributed by atoms with Gasteiger partial charge >= 0.3 is 5.97 Å². The van der Waals surface area contributed by atoms with Gasteiger partial charge in [0, 0.05) is 5.56 Å². The van der Waals surface area contributed by atoms with E-state index < -0.39 is 12.6 Å². The summed E-state index contributed by atoms with van der Waals surface area (Å²) >= 11 is 0. The molecular formula is C15H13N3O4. The van der Waals surface area contributed by atoms with Crippen molar-refractivity contribution in [3.8, 4) is 17.1 Å². The highest BCUT2D eigenvalue weighted by atomic mass is 16.5. The number of carboxylic acid groups (broad SMARTS) is 1. The SMILES string of the molecule is Cc1ccc(-c2noc3ncnc(OCC(=O)O)c23)c(C)c1. The maximum atomic E-state index is 10.7. The van der Waals surface area contributed by atoms with Crippen LogP contribution in [-0.2, 0) is 4.79 Å². The normalized spacial score (nSPS) is 10.8. The zero-order valence-electron chi connectivity index (χ0n) is 12.0. The van der Waals surface area contributed by atoms with E-state index in [4.69, 9.17) is 14.4 Å². The minimum absolute atomic E-state index is 0.142. The molecule has 0 spiro atoms. The lowest BCUT2D eigenvalue weighted by atomic mass is 10.0. The third-order valence-corrected chi connectivity index (χ3v) is 3.21. The molecule has 0 saturated heterocycles. The van der Waals surface area contributed by atoms with Crippen molar-refractivity contribution < 1.29 is 19.2 Å². The van der Waals surface area contributed by atoms with Gasteiger partial charge in [0.05, 0.1) is 0 Å². The summed E-state index contributed by atoms with van der Waals surface area (Å²) in [5, 5.41) is 13.3. The van der Waals surface area contributed by atoms with Crippen LogP contribution in [0.3, 0.4) is 0 Å². The van der Waals surface area contributed by atoms with Crippen molar-refractivity contribution in [2.75, 3.05) is 6.61 Å². The Morgan fingerprint density at radius 1 is 1.32 bits per heavy atom. The number of carbonyl (C=O) groups is 1. The molecule has 0 aliphatic rings. The number of hydrogen-bond acceptors (Lipinski definition) is 6. The second-order valence-electron chi connectivity index (χ2n) is 4.89. The fourth-order valence-corrected chi connectivity index (χ4v) is 2.26. The van der Waals surface area contributed by atoms with Crippen molar-refractivity contribution in [1.29, 1.82) is 0 Å². The van der Waals surface area contributed by atoms with Gasteiger partial charge in [-0.2, -0.15) is 4.98 Å². The standard InChI is InChI=1S/C15H13N3O4/c1-8-3-4-10(9(2)5-8)13-12-14(21-6-11(19)20)16-7-17-15(12)22-18-13/h3-5,7H,6H2,1-2H3,(H,19,20). The molecule has 0 amide bonds. The first-order valence-corrected chi connectivity index (χ1v) is 6.59. The highest BCUT2D eigenvalue weighted by Gasteiger charge is 2.19. The number of benzene rings is 1. The highest BCUT2D eigenvalue weighted by Crippen LogP contribution is 2.34. The summed E-state index contributed by atoms with van der Waals surface area (Å²) in [4.78, 5) is 18.7. The summed E-state index contributed by atoms with van der Waals surface area (Å²) in [6.45, 7) is 3.47. The number of hydrogen-bond donors (Lipinski definition) is 1. The van der Waals surface area contributed by atoms with E-state index in [1.54, 1.807) is 0 Å².